The van der Waals surface area contributed by atoms with Gasteiger partial charge in [0.2, 0.25) is 0 Å². The van der Waals surface area contributed by atoms with Crippen molar-refractivity contribution in [3.8, 4) is 10.6 Å². The molecule has 0 aliphatic carbocycles. The second-order valence-electron chi connectivity index (χ2n) is 7.88. The first-order valence-electron chi connectivity index (χ1n) is 10.7. The predicted octanol–water partition coefficient (Wildman–Crippen LogP) is 3.63. The minimum Gasteiger partial charge on any atom is -0.389 e. The number of rotatable bonds is 6. The fourth-order valence-corrected chi connectivity index (χ4v) is 4.60. The van der Waals surface area contributed by atoms with Crippen LogP contribution in [0.1, 0.15) is 47.3 Å². The van der Waals surface area contributed by atoms with E-state index in [4.69, 9.17) is 4.98 Å². The molecule has 31 heavy (non-hydrogen) atoms. The molecule has 0 saturated carbocycles. The van der Waals surface area contributed by atoms with E-state index < -0.39 is 6.10 Å². The number of amides is 1. The van der Waals surface area contributed by atoms with Gasteiger partial charge in [0.15, 0.2) is 0 Å². The summed E-state index contributed by atoms with van der Waals surface area (Å²) >= 11 is 1.54. The van der Waals surface area contributed by atoms with Crippen LogP contribution in [0.5, 0.6) is 0 Å². The molecule has 1 aliphatic heterocycles. The largest absolute Gasteiger partial charge is 0.389 e. The van der Waals surface area contributed by atoms with E-state index in [1.165, 1.54) is 0 Å². The van der Waals surface area contributed by atoms with E-state index in [0.29, 0.717) is 6.42 Å². The lowest BCUT2D eigenvalue weighted by Crippen LogP contribution is -2.48. The number of hydrogen-bond acceptors (Lipinski definition) is 6. The van der Waals surface area contributed by atoms with Crippen LogP contribution in [-0.4, -0.2) is 63.5 Å². The minimum absolute atomic E-state index is 0.103. The number of aliphatic hydroxyl groups is 1. The first kappa shape index (κ1) is 21.6. The molecule has 3 aromatic rings. The van der Waals surface area contributed by atoms with Gasteiger partial charge in [-0.1, -0.05) is 31.2 Å². The van der Waals surface area contributed by atoms with Crippen LogP contribution in [0, 0.1) is 0 Å². The topological polar surface area (TPSA) is 69.6 Å². The Morgan fingerprint density at radius 2 is 1.90 bits per heavy atom. The normalized spacial score (nSPS) is 15.8. The Morgan fingerprint density at radius 3 is 2.58 bits per heavy atom. The molecule has 162 valence electrons. The summed E-state index contributed by atoms with van der Waals surface area (Å²) in [4.78, 5) is 27.3. The van der Waals surface area contributed by atoms with E-state index in [1.54, 1.807) is 24.5 Å². The maximum atomic E-state index is 12.9. The van der Waals surface area contributed by atoms with Crippen molar-refractivity contribution >= 4 is 17.2 Å². The maximum absolute atomic E-state index is 12.9. The zero-order valence-corrected chi connectivity index (χ0v) is 18.8. The highest BCUT2D eigenvalue weighted by molar-refractivity contribution is 7.13. The molecule has 1 aromatic carbocycles. The summed E-state index contributed by atoms with van der Waals surface area (Å²) in [6.45, 7) is 8.38. The average Bonchev–Trinajstić information content (AvgIpc) is 3.30. The lowest BCUT2D eigenvalue weighted by atomic mass is 10.1. The summed E-state index contributed by atoms with van der Waals surface area (Å²) in [6, 6.07) is 11.7. The van der Waals surface area contributed by atoms with Crippen molar-refractivity contribution in [2.75, 3.05) is 32.7 Å². The van der Waals surface area contributed by atoms with E-state index in [2.05, 4.69) is 16.8 Å². The van der Waals surface area contributed by atoms with Crippen molar-refractivity contribution in [3.63, 3.8) is 0 Å². The lowest BCUT2D eigenvalue weighted by Gasteiger charge is -2.33. The summed E-state index contributed by atoms with van der Waals surface area (Å²) in [6.07, 6.45) is 1.92. The molecule has 0 spiro atoms. The highest BCUT2D eigenvalue weighted by atomic mass is 32.1. The lowest BCUT2D eigenvalue weighted by molar-refractivity contribution is 0.0644. The number of piperazine rings is 1. The first-order chi connectivity index (χ1) is 15.0. The number of aromatic nitrogens is 2. The van der Waals surface area contributed by atoms with Gasteiger partial charge in [-0.15, -0.1) is 11.3 Å². The highest BCUT2D eigenvalue weighted by Crippen LogP contribution is 2.27. The molecule has 1 N–H and O–H groups in total. The summed E-state index contributed by atoms with van der Waals surface area (Å²) in [5.74, 6) is 0.838. The standard InChI is InChI=1S/C24H28N4O2S/c1-3-27-10-12-28(13-11-27)24(30)20-15-22(31-16-20)21-8-9-25-23(26-21)14-18-4-6-19(7-5-18)17(2)29/h4-9,15-17,29H,3,10-14H2,1-2H3. The second-order valence-corrected chi connectivity index (χ2v) is 8.79. The van der Waals surface area contributed by atoms with E-state index in [0.717, 1.165) is 65.8 Å². The van der Waals surface area contributed by atoms with Crippen molar-refractivity contribution in [3.05, 3.63) is 70.5 Å². The maximum Gasteiger partial charge on any atom is 0.254 e. The van der Waals surface area contributed by atoms with Gasteiger partial charge in [-0.05, 0) is 36.7 Å². The molecular formula is C24H28N4O2S. The molecule has 3 heterocycles. The van der Waals surface area contributed by atoms with Gasteiger partial charge in [0.25, 0.3) is 5.91 Å². The number of hydrogen-bond donors (Lipinski definition) is 1. The Balaban J connectivity index is 1.45. The van der Waals surface area contributed by atoms with Gasteiger partial charge >= 0.3 is 0 Å². The summed E-state index contributed by atoms with van der Waals surface area (Å²) in [7, 11) is 0. The van der Waals surface area contributed by atoms with Crippen LogP contribution in [0.3, 0.4) is 0 Å². The van der Waals surface area contributed by atoms with Crippen LogP contribution in [0.2, 0.25) is 0 Å². The number of thiophene rings is 1. The van der Waals surface area contributed by atoms with Crippen molar-refractivity contribution in [2.24, 2.45) is 0 Å². The first-order valence-corrected chi connectivity index (χ1v) is 11.6. The Hall–Kier alpha value is -2.61. The molecule has 1 saturated heterocycles. The third-order valence-corrected chi connectivity index (χ3v) is 6.69. The highest BCUT2D eigenvalue weighted by Gasteiger charge is 2.22. The summed E-state index contributed by atoms with van der Waals surface area (Å²) in [5, 5.41) is 11.6. The summed E-state index contributed by atoms with van der Waals surface area (Å²) in [5.41, 5.74) is 3.56. The second kappa shape index (κ2) is 9.68. The van der Waals surface area contributed by atoms with Crippen molar-refractivity contribution in [1.29, 1.82) is 0 Å². The molecular weight excluding hydrogens is 408 g/mol. The SMILES string of the molecule is CCN1CCN(C(=O)c2csc(-c3ccnc(Cc4ccc(C(C)O)cc4)n3)c2)CC1. The molecule has 0 bridgehead atoms. The van der Waals surface area contributed by atoms with Crippen molar-refractivity contribution < 1.29 is 9.90 Å². The number of likely N-dealkylation sites (N-methyl/N-ethyl adjacent to an activating group) is 1. The smallest absolute Gasteiger partial charge is 0.254 e. The van der Waals surface area contributed by atoms with E-state index >= 15 is 0 Å². The molecule has 7 heteroatoms. The monoisotopic (exact) mass is 436 g/mol. The van der Waals surface area contributed by atoms with E-state index in [9.17, 15) is 9.90 Å². The van der Waals surface area contributed by atoms with Gasteiger partial charge in [-0.2, -0.15) is 0 Å². The zero-order chi connectivity index (χ0) is 21.8. The molecule has 1 unspecified atom stereocenters. The number of benzene rings is 1. The van der Waals surface area contributed by atoms with Gasteiger partial charge in [0, 0.05) is 44.2 Å². The molecule has 0 radical (unpaired) electrons. The molecule has 1 fully saturated rings. The third kappa shape index (κ3) is 5.18. The van der Waals surface area contributed by atoms with Gasteiger partial charge in [-0.25, -0.2) is 9.97 Å². The fourth-order valence-electron chi connectivity index (χ4n) is 3.75. The minimum atomic E-state index is -0.472. The van der Waals surface area contributed by atoms with Crippen molar-refractivity contribution in [2.45, 2.75) is 26.4 Å². The molecule has 6 nitrogen and oxygen atoms in total. The number of nitrogens with zero attached hydrogens (tertiary/aromatic N) is 4. The van der Waals surface area contributed by atoms with Crippen LogP contribution >= 0.6 is 11.3 Å². The van der Waals surface area contributed by atoms with Crippen LogP contribution in [0.25, 0.3) is 10.6 Å². The number of aliphatic hydroxyl groups excluding tert-OH is 1. The Labute approximate surface area is 187 Å². The average molecular weight is 437 g/mol. The third-order valence-electron chi connectivity index (χ3n) is 5.74. The van der Waals surface area contributed by atoms with Crippen LogP contribution in [0.15, 0.2) is 48.0 Å². The fraction of sp³-hybridized carbons (Fsp3) is 0.375. The van der Waals surface area contributed by atoms with Crippen LogP contribution in [-0.2, 0) is 6.42 Å². The molecule has 4 rings (SSSR count). The van der Waals surface area contributed by atoms with Crippen molar-refractivity contribution in [1.82, 2.24) is 19.8 Å². The summed E-state index contributed by atoms with van der Waals surface area (Å²) < 4.78 is 0. The van der Waals surface area contributed by atoms with Gasteiger partial charge in [0.1, 0.15) is 5.82 Å². The van der Waals surface area contributed by atoms with E-state index in [1.807, 2.05) is 46.7 Å². The van der Waals surface area contributed by atoms with Gasteiger partial charge < -0.3 is 14.9 Å². The molecule has 1 atom stereocenters. The zero-order valence-electron chi connectivity index (χ0n) is 18.0. The molecule has 2 aromatic heterocycles. The Kier molecular flexibility index (Phi) is 6.75. The molecule has 1 aliphatic rings. The van der Waals surface area contributed by atoms with E-state index in [-0.39, 0.29) is 5.91 Å². The number of carbonyl (C=O) groups is 1. The van der Waals surface area contributed by atoms with Gasteiger partial charge in [0.05, 0.1) is 22.2 Å². The molecule has 1 amide bonds. The van der Waals surface area contributed by atoms with Crippen LogP contribution < -0.4 is 0 Å². The number of carbonyl (C=O) groups excluding carboxylic acids is 1. The quantitative estimate of drug-likeness (QED) is 0.639. The predicted molar refractivity (Wildman–Crippen MR) is 123 cm³/mol. The Bertz CT molecular complexity index is 1020. The van der Waals surface area contributed by atoms with Gasteiger partial charge in [-0.3, -0.25) is 4.79 Å². The Morgan fingerprint density at radius 1 is 1.16 bits per heavy atom. The van der Waals surface area contributed by atoms with Crippen LogP contribution in [0.4, 0.5) is 0 Å².